The highest BCUT2D eigenvalue weighted by Gasteiger charge is 2.53. The number of benzene rings is 5. The Hall–Kier alpha value is -5.73. The number of ether oxygens (including phenoxy) is 9. The van der Waals surface area contributed by atoms with Gasteiger partial charge in [0, 0.05) is 6.61 Å². The van der Waals surface area contributed by atoms with Crippen LogP contribution in [0, 0.1) is 0 Å². The van der Waals surface area contributed by atoms with E-state index in [-0.39, 0.29) is 37.6 Å². The number of carbonyl (C=O) groups is 3. The lowest BCUT2D eigenvalue weighted by Crippen LogP contribution is -2.44. The maximum Gasteiger partial charge on any atom is 0.338 e. The molecule has 2 heterocycles. The molecule has 0 aliphatic carbocycles. The predicted octanol–water partition coefficient (Wildman–Crippen LogP) is 9.31. The molecule has 2 aliphatic heterocycles. The Labute approximate surface area is 381 Å². The van der Waals surface area contributed by atoms with Gasteiger partial charge in [-0.25, -0.2) is 14.4 Å². The molecule has 65 heavy (non-hydrogen) atoms. The van der Waals surface area contributed by atoms with Gasteiger partial charge in [-0.15, -0.1) is 0 Å². The zero-order chi connectivity index (χ0) is 45.1. The van der Waals surface area contributed by atoms with Crippen molar-refractivity contribution >= 4 is 17.9 Å². The molecule has 5 aromatic carbocycles. The molecule has 0 amide bonds. The molecule has 0 bridgehead atoms. The SMILES string of the molecule is CCCCCCCCO[C@H]1O[C@H](CO[C@H]2O[C@H](COC(=O)c3ccccc3)[C@@H](OC(=O)c3ccccc3)[C@@H]2OC(=O)c2ccccc2)[C@@H](OCc2ccccc2)[C@@H]1OCc1ccccc1. The van der Waals surface area contributed by atoms with Gasteiger partial charge >= 0.3 is 17.9 Å². The van der Waals surface area contributed by atoms with Crippen molar-refractivity contribution < 1.29 is 57.0 Å². The van der Waals surface area contributed by atoms with Crippen molar-refractivity contribution in [3.63, 3.8) is 0 Å². The first-order valence-corrected chi connectivity index (χ1v) is 22.6. The van der Waals surface area contributed by atoms with Crippen LogP contribution in [0.3, 0.4) is 0 Å². The summed E-state index contributed by atoms with van der Waals surface area (Å²) in [5.41, 5.74) is 2.77. The maximum absolute atomic E-state index is 13.8. The lowest BCUT2D eigenvalue weighted by molar-refractivity contribution is -0.209. The molecule has 0 N–H and O–H groups in total. The van der Waals surface area contributed by atoms with Crippen LogP contribution in [0.1, 0.15) is 87.6 Å². The van der Waals surface area contributed by atoms with Crippen molar-refractivity contribution in [2.24, 2.45) is 0 Å². The molecule has 0 aromatic heterocycles. The van der Waals surface area contributed by atoms with Crippen LogP contribution in [0.5, 0.6) is 0 Å². The van der Waals surface area contributed by atoms with Crippen LogP contribution in [-0.2, 0) is 55.8 Å². The van der Waals surface area contributed by atoms with Crippen LogP contribution in [0.25, 0.3) is 0 Å². The van der Waals surface area contributed by atoms with Gasteiger partial charge in [-0.3, -0.25) is 0 Å². The summed E-state index contributed by atoms with van der Waals surface area (Å²) in [7, 11) is 0. The van der Waals surface area contributed by atoms with Crippen LogP contribution >= 0.6 is 0 Å². The molecule has 12 nitrogen and oxygen atoms in total. The third kappa shape index (κ3) is 13.9. The van der Waals surface area contributed by atoms with Gasteiger partial charge in [0.25, 0.3) is 0 Å². The molecule has 0 radical (unpaired) electrons. The summed E-state index contributed by atoms with van der Waals surface area (Å²) in [5, 5.41) is 0. The zero-order valence-corrected chi connectivity index (χ0v) is 36.7. The summed E-state index contributed by atoms with van der Waals surface area (Å²) in [4.78, 5) is 40.6. The van der Waals surface area contributed by atoms with Gasteiger partial charge in [0.1, 0.15) is 31.0 Å². The second-order valence-corrected chi connectivity index (χ2v) is 16.0. The number of esters is 3. The van der Waals surface area contributed by atoms with E-state index < -0.39 is 67.1 Å². The third-order valence-electron chi connectivity index (χ3n) is 11.2. The van der Waals surface area contributed by atoms with Crippen molar-refractivity contribution in [3.8, 4) is 0 Å². The number of unbranched alkanes of at least 4 members (excludes halogenated alkanes) is 5. The van der Waals surface area contributed by atoms with Crippen molar-refractivity contribution in [2.45, 2.75) is 108 Å². The fourth-order valence-corrected chi connectivity index (χ4v) is 7.72. The first kappa shape index (κ1) is 47.2. The van der Waals surface area contributed by atoms with Gasteiger partial charge < -0.3 is 42.6 Å². The van der Waals surface area contributed by atoms with Crippen LogP contribution < -0.4 is 0 Å². The normalized spacial score (nSPS) is 22.6. The minimum Gasteiger partial charge on any atom is -0.459 e. The third-order valence-corrected chi connectivity index (χ3v) is 11.2. The summed E-state index contributed by atoms with van der Waals surface area (Å²) in [6.45, 7) is 2.70. The molecule has 12 heteroatoms. The summed E-state index contributed by atoms with van der Waals surface area (Å²) < 4.78 is 57.3. The summed E-state index contributed by atoms with van der Waals surface area (Å²) >= 11 is 0. The molecule has 0 unspecified atom stereocenters. The molecular formula is C53H58O12. The first-order valence-electron chi connectivity index (χ1n) is 22.6. The molecule has 0 spiro atoms. The molecule has 0 saturated carbocycles. The Bertz CT molecular complexity index is 2160. The second kappa shape index (κ2) is 25.1. The van der Waals surface area contributed by atoms with E-state index in [1.54, 1.807) is 91.0 Å². The Morgan fingerprint density at radius 3 is 1.40 bits per heavy atom. The van der Waals surface area contributed by atoms with Gasteiger partial charge in [0.05, 0.1) is 36.5 Å². The second-order valence-electron chi connectivity index (χ2n) is 16.0. The number of carbonyl (C=O) groups excluding carboxylic acids is 3. The fourth-order valence-electron chi connectivity index (χ4n) is 7.72. The van der Waals surface area contributed by atoms with E-state index in [0.717, 1.165) is 30.4 Å². The maximum atomic E-state index is 13.8. The van der Waals surface area contributed by atoms with E-state index >= 15 is 0 Å². The van der Waals surface area contributed by atoms with E-state index in [4.69, 9.17) is 42.6 Å². The van der Waals surface area contributed by atoms with E-state index in [2.05, 4.69) is 6.92 Å². The van der Waals surface area contributed by atoms with Crippen molar-refractivity contribution in [1.29, 1.82) is 0 Å². The highest BCUT2D eigenvalue weighted by molar-refractivity contribution is 5.91. The minimum atomic E-state index is -1.32. The molecule has 5 aromatic rings. The Morgan fingerprint density at radius 2 is 0.862 bits per heavy atom. The Balaban J connectivity index is 1.15. The van der Waals surface area contributed by atoms with Crippen LogP contribution in [-0.4, -0.2) is 86.9 Å². The summed E-state index contributed by atoms with van der Waals surface area (Å²) in [5.74, 6) is -2.01. The highest BCUT2D eigenvalue weighted by Crippen LogP contribution is 2.34. The standard InChI is InChI=1S/C53H58O12/c1-2-3-4-5-6-22-33-57-52-47(59-35-39-25-14-8-15-26-39)45(58-34-38-23-12-7-13-24-38)43(62-52)37-61-53-48(65-51(56)42-31-20-11-21-32-42)46(64-50(55)41-29-18-10-19-30-41)44(63-53)36-60-49(54)40-27-16-9-17-28-40/h7-21,23-32,43-48,52-53H,2-6,22,33-37H2,1H3/t43-,44-,45-,46-,47+,48+,52+,53+/m1/s1. The zero-order valence-electron chi connectivity index (χ0n) is 36.7. The van der Waals surface area contributed by atoms with E-state index in [1.165, 1.54) is 19.3 Å². The van der Waals surface area contributed by atoms with Gasteiger partial charge in [-0.2, -0.15) is 0 Å². The monoisotopic (exact) mass is 886 g/mol. The van der Waals surface area contributed by atoms with Gasteiger partial charge in [0.2, 0.25) is 0 Å². The van der Waals surface area contributed by atoms with Gasteiger partial charge in [0.15, 0.2) is 24.8 Å². The molecule has 2 aliphatic rings. The molecule has 7 rings (SSSR count). The van der Waals surface area contributed by atoms with E-state index in [0.29, 0.717) is 12.2 Å². The molecule has 2 fully saturated rings. The Kier molecular flexibility index (Phi) is 18.2. The topological polar surface area (TPSA) is 134 Å². The van der Waals surface area contributed by atoms with E-state index in [9.17, 15) is 14.4 Å². The predicted molar refractivity (Wildman–Crippen MR) is 241 cm³/mol. The number of hydrogen-bond acceptors (Lipinski definition) is 12. The smallest absolute Gasteiger partial charge is 0.338 e. The highest BCUT2D eigenvalue weighted by atomic mass is 16.8. The van der Waals surface area contributed by atoms with Crippen LogP contribution in [0.4, 0.5) is 0 Å². The first-order chi connectivity index (χ1) is 32.0. The lowest BCUT2D eigenvalue weighted by atomic mass is 10.1. The van der Waals surface area contributed by atoms with Gasteiger partial charge in [-0.1, -0.05) is 154 Å². The van der Waals surface area contributed by atoms with Crippen LogP contribution in [0.15, 0.2) is 152 Å². The fraction of sp³-hybridized carbons (Fsp3) is 0.377. The average Bonchev–Trinajstić information content (AvgIpc) is 3.86. The summed E-state index contributed by atoms with van der Waals surface area (Å²) in [6, 6.07) is 45.0. The molecule has 342 valence electrons. The quantitative estimate of drug-likeness (QED) is 0.0332. The average molecular weight is 887 g/mol. The van der Waals surface area contributed by atoms with Crippen molar-refractivity contribution in [2.75, 3.05) is 19.8 Å². The number of hydrogen-bond donors (Lipinski definition) is 0. The van der Waals surface area contributed by atoms with Crippen LogP contribution in [0.2, 0.25) is 0 Å². The largest absolute Gasteiger partial charge is 0.459 e. The number of rotatable bonds is 24. The van der Waals surface area contributed by atoms with E-state index in [1.807, 2.05) is 60.7 Å². The van der Waals surface area contributed by atoms with Crippen molar-refractivity contribution in [3.05, 3.63) is 179 Å². The molecular weight excluding hydrogens is 829 g/mol. The summed E-state index contributed by atoms with van der Waals surface area (Å²) in [6.07, 6.45) is -1.35. The Morgan fingerprint density at radius 1 is 0.431 bits per heavy atom. The van der Waals surface area contributed by atoms with Gasteiger partial charge in [-0.05, 0) is 53.9 Å². The molecule has 2 saturated heterocycles. The van der Waals surface area contributed by atoms with Crippen molar-refractivity contribution in [1.82, 2.24) is 0 Å². The minimum absolute atomic E-state index is 0.137. The lowest BCUT2D eigenvalue weighted by Gasteiger charge is -2.27. The molecule has 8 atom stereocenters.